The van der Waals surface area contributed by atoms with Crippen LogP contribution in [-0.4, -0.2) is 63.6 Å². The minimum Gasteiger partial charge on any atom is -0.356 e. The second-order valence-electron chi connectivity index (χ2n) is 5.53. The Bertz CT molecular complexity index is 649. The lowest BCUT2D eigenvalue weighted by molar-refractivity contribution is 0.419. The monoisotopic (exact) mass is 374 g/mol. The largest absolute Gasteiger partial charge is 0.356 e. The SMILES string of the molecule is CCN(CCCNC(=NC)N(C)Cc1ccccc1Cl)S(C)(=O)=O. The van der Waals surface area contributed by atoms with Gasteiger partial charge < -0.3 is 10.2 Å². The van der Waals surface area contributed by atoms with Crippen molar-refractivity contribution in [3.05, 3.63) is 34.9 Å². The van der Waals surface area contributed by atoms with Crippen LogP contribution in [0.1, 0.15) is 18.9 Å². The number of benzene rings is 1. The Hall–Kier alpha value is -1.31. The Labute approximate surface area is 150 Å². The van der Waals surface area contributed by atoms with Crippen LogP contribution < -0.4 is 5.32 Å². The molecule has 0 amide bonds. The standard InChI is InChI=1S/C16H27ClN4O2S/c1-5-21(24(4,22)23)12-8-11-19-16(18-2)20(3)13-14-9-6-7-10-15(14)17/h6-7,9-10H,5,8,11-13H2,1-4H3,(H,18,19). The fourth-order valence-corrected chi connectivity index (χ4v) is 3.48. The molecule has 0 bridgehead atoms. The van der Waals surface area contributed by atoms with Gasteiger partial charge in [0.25, 0.3) is 0 Å². The van der Waals surface area contributed by atoms with Gasteiger partial charge in [-0.05, 0) is 18.1 Å². The zero-order valence-corrected chi connectivity index (χ0v) is 16.4. The first-order chi connectivity index (χ1) is 11.3. The summed E-state index contributed by atoms with van der Waals surface area (Å²) in [5, 5.41) is 3.98. The van der Waals surface area contributed by atoms with E-state index in [-0.39, 0.29) is 0 Å². The Kier molecular flexibility index (Phi) is 8.52. The van der Waals surface area contributed by atoms with Crippen molar-refractivity contribution in [3.8, 4) is 0 Å². The van der Waals surface area contributed by atoms with Crippen LogP contribution in [0.5, 0.6) is 0 Å². The van der Waals surface area contributed by atoms with Crippen LogP contribution in [-0.2, 0) is 16.6 Å². The predicted molar refractivity (Wildman–Crippen MR) is 101 cm³/mol. The highest BCUT2D eigenvalue weighted by atomic mass is 35.5. The first-order valence-electron chi connectivity index (χ1n) is 7.90. The van der Waals surface area contributed by atoms with Crippen LogP contribution in [0.15, 0.2) is 29.3 Å². The third-order valence-electron chi connectivity index (χ3n) is 3.63. The van der Waals surface area contributed by atoms with Crippen molar-refractivity contribution < 1.29 is 8.42 Å². The molecule has 1 N–H and O–H groups in total. The third-order valence-corrected chi connectivity index (χ3v) is 5.38. The number of halogens is 1. The number of nitrogens with zero attached hydrogens (tertiary/aromatic N) is 3. The van der Waals surface area contributed by atoms with Gasteiger partial charge in [0, 0.05) is 45.3 Å². The summed E-state index contributed by atoms with van der Waals surface area (Å²) in [6, 6.07) is 7.71. The maximum absolute atomic E-state index is 11.6. The molecule has 1 aromatic carbocycles. The van der Waals surface area contributed by atoms with Crippen LogP contribution in [0.25, 0.3) is 0 Å². The van der Waals surface area contributed by atoms with Crippen molar-refractivity contribution in [2.75, 3.05) is 40.0 Å². The molecule has 136 valence electrons. The number of guanidine groups is 1. The number of hydrogen-bond donors (Lipinski definition) is 1. The lowest BCUT2D eigenvalue weighted by atomic mass is 10.2. The average molecular weight is 375 g/mol. The van der Waals surface area contributed by atoms with Gasteiger partial charge in [0.15, 0.2) is 5.96 Å². The molecule has 0 atom stereocenters. The second-order valence-corrected chi connectivity index (χ2v) is 7.92. The van der Waals surface area contributed by atoms with Crippen molar-refractivity contribution in [3.63, 3.8) is 0 Å². The van der Waals surface area contributed by atoms with Gasteiger partial charge in [-0.1, -0.05) is 36.7 Å². The van der Waals surface area contributed by atoms with E-state index in [4.69, 9.17) is 11.6 Å². The topological polar surface area (TPSA) is 65.0 Å². The molecule has 8 heteroatoms. The Morgan fingerprint density at radius 2 is 2.00 bits per heavy atom. The molecular formula is C16H27ClN4O2S. The van der Waals surface area contributed by atoms with E-state index in [0.717, 1.165) is 16.5 Å². The van der Waals surface area contributed by atoms with E-state index in [9.17, 15) is 8.42 Å². The summed E-state index contributed by atoms with van der Waals surface area (Å²) in [6.45, 7) is 4.10. The molecule has 0 aliphatic rings. The fraction of sp³-hybridized carbons (Fsp3) is 0.562. The summed E-state index contributed by atoms with van der Waals surface area (Å²) in [7, 11) is 0.528. The first kappa shape index (κ1) is 20.7. The van der Waals surface area contributed by atoms with Crippen molar-refractivity contribution >= 4 is 27.6 Å². The van der Waals surface area contributed by atoms with Crippen LogP contribution >= 0.6 is 11.6 Å². The fourth-order valence-electron chi connectivity index (χ4n) is 2.36. The Balaban J connectivity index is 2.49. The van der Waals surface area contributed by atoms with Crippen molar-refractivity contribution in [1.29, 1.82) is 0 Å². The highest BCUT2D eigenvalue weighted by molar-refractivity contribution is 7.88. The summed E-state index contributed by atoms with van der Waals surface area (Å²) in [6.07, 6.45) is 1.94. The zero-order valence-electron chi connectivity index (χ0n) is 14.8. The average Bonchev–Trinajstić information content (AvgIpc) is 2.51. The van der Waals surface area contributed by atoms with Gasteiger partial charge in [-0.2, -0.15) is 0 Å². The van der Waals surface area contributed by atoms with E-state index in [0.29, 0.717) is 32.6 Å². The van der Waals surface area contributed by atoms with E-state index in [2.05, 4.69) is 10.3 Å². The molecule has 0 aliphatic carbocycles. The molecule has 0 fully saturated rings. The van der Waals surface area contributed by atoms with Crippen LogP contribution in [0.2, 0.25) is 5.02 Å². The summed E-state index contributed by atoms with van der Waals surface area (Å²) >= 11 is 6.19. The normalized spacial score (nSPS) is 12.5. The molecule has 0 spiro atoms. The summed E-state index contributed by atoms with van der Waals surface area (Å²) in [5.41, 5.74) is 1.03. The van der Waals surface area contributed by atoms with Crippen LogP contribution in [0, 0.1) is 0 Å². The number of aliphatic imine (C=N–C) groups is 1. The van der Waals surface area contributed by atoms with Crippen molar-refractivity contribution in [1.82, 2.24) is 14.5 Å². The van der Waals surface area contributed by atoms with E-state index < -0.39 is 10.0 Å². The second kappa shape index (κ2) is 9.86. The molecule has 6 nitrogen and oxygen atoms in total. The lowest BCUT2D eigenvalue weighted by Gasteiger charge is -2.23. The molecule has 0 radical (unpaired) electrons. The zero-order chi connectivity index (χ0) is 18.2. The lowest BCUT2D eigenvalue weighted by Crippen LogP contribution is -2.40. The van der Waals surface area contributed by atoms with Gasteiger partial charge in [-0.3, -0.25) is 4.99 Å². The minimum absolute atomic E-state index is 0.486. The highest BCUT2D eigenvalue weighted by Gasteiger charge is 2.14. The van der Waals surface area contributed by atoms with Gasteiger partial charge in [0.2, 0.25) is 10.0 Å². The molecule has 0 unspecified atom stereocenters. The number of sulfonamides is 1. The smallest absolute Gasteiger partial charge is 0.211 e. The molecule has 1 aromatic rings. The minimum atomic E-state index is -3.13. The van der Waals surface area contributed by atoms with Crippen molar-refractivity contribution in [2.45, 2.75) is 19.9 Å². The van der Waals surface area contributed by atoms with Gasteiger partial charge >= 0.3 is 0 Å². The maximum atomic E-state index is 11.6. The molecule has 1 rings (SSSR count). The van der Waals surface area contributed by atoms with Crippen LogP contribution in [0.4, 0.5) is 0 Å². The molecule has 0 saturated heterocycles. The van der Waals surface area contributed by atoms with Gasteiger partial charge in [-0.25, -0.2) is 12.7 Å². The Morgan fingerprint density at radius 3 is 2.54 bits per heavy atom. The Morgan fingerprint density at radius 1 is 1.33 bits per heavy atom. The van der Waals surface area contributed by atoms with Gasteiger partial charge in [0.05, 0.1) is 6.26 Å². The summed E-state index contributed by atoms with van der Waals surface area (Å²) in [4.78, 5) is 6.24. The van der Waals surface area contributed by atoms with Gasteiger partial charge in [0.1, 0.15) is 0 Å². The molecule has 0 saturated carbocycles. The van der Waals surface area contributed by atoms with Crippen LogP contribution in [0.3, 0.4) is 0 Å². The van der Waals surface area contributed by atoms with E-state index in [1.165, 1.54) is 10.6 Å². The predicted octanol–water partition coefficient (Wildman–Crippen LogP) is 2.02. The quantitative estimate of drug-likeness (QED) is 0.429. The van der Waals surface area contributed by atoms with E-state index in [1.807, 2.05) is 43.1 Å². The number of hydrogen-bond acceptors (Lipinski definition) is 3. The molecule has 0 aliphatic heterocycles. The molecule has 24 heavy (non-hydrogen) atoms. The van der Waals surface area contributed by atoms with Crippen molar-refractivity contribution in [2.24, 2.45) is 4.99 Å². The molecule has 0 heterocycles. The first-order valence-corrected chi connectivity index (χ1v) is 10.1. The third kappa shape index (κ3) is 6.67. The van der Waals surface area contributed by atoms with Gasteiger partial charge in [-0.15, -0.1) is 0 Å². The highest BCUT2D eigenvalue weighted by Crippen LogP contribution is 2.16. The number of rotatable bonds is 8. The number of nitrogens with one attached hydrogen (secondary N) is 1. The summed E-state index contributed by atoms with van der Waals surface area (Å²) < 4.78 is 24.6. The summed E-state index contributed by atoms with van der Waals surface area (Å²) in [5.74, 6) is 0.748. The maximum Gasteiger partial charge on any atom is 0.211 e. The van der Waals surface area contributed by atoms with E-state index >= 15 is 0 Å². The molecule has 0 aromatic heterocycles. The molecular weight excluding hydrogens is 348 g/mol. The van der Waals surface area contributed by atoms with E-state index in [1.54, 1.807) is 7.05 Å².